The highest BCUT2D eigenvalue weighted by Crippen LogP contribution is 2.20. The highest BCUT2D eigenvalue weighted by atomic mass is 16.5. The molecule has 2 aromatic heterocycles. The van der Waals surface area contributed by atoms with Gasteiger partial charge in [0.15, 0.2) is 0 Å². The fraction of sp³-hybridized carbons (Fsp3) is 0.500. The number of nitrogens with zero attached hydrogens (tertiary/aromatic N) is 6. The minimum absolute atomic E-state index is 0.203. The second-order valence-electron chi connectivity index (χ2n) is 11.7. The molecule has 5 N–H and O–H groups in total. The number of rotatable bonds is 20. The van der Waals surface area contributed by atoms with Crippen LogP contribution in [-0.4, -0.2) is 90.8 Å². The number of hydrogen-bond donors (Lipinski definition) is 5. The average Bonchev–Trinajstić information content (AvgIpc) is 3.67. The van der Waals surface area contributed by atoms with Gasteiger partial charge in [-0.25, -0.2) is 9.36 Å². The number of ether oxygens (including phenoxy) is 2. The van der Waals surface area contributed by atoms with E-state index in [-0.39, 0.29) is 13.2 Å². The van der Waals surface area contributed by atoms with Crippen molar-refractivity contribution in [3.63, 3.8) is 0 Å². The number of aromatic nitrogens is 6. The van der Waals surface area contributed by atoms with Crippen molar-refractivity contribution in [2.24, 2.45) is 0 Å². The van der Waals surface area contributed by atoms with Crippen LogP contribution in [0.5, 0.6) is 11.5 Å². The molecule has 45 heavy (non-hydrogen) atoms. The topological polar surface area (TPSA) is 156 Å². The maximum atomic E-state index is 10.2. The van der Waals surface area contributed by atoms with Crippen LogP contribution in [0.1, 0.15) is 50.2 Å². The highest BCUT2D eigenvalue weighted by Gasteiger charge is 2.12. The van der Waals surface area contributed by atoms with E-state index in [1.807, 2.05) is 88.6 Å². The molecule has 0 radical (unpaired) electrons. The second-order valence-corrected chi connectivity index (χ2v) is 11.7. The SMILES string of the molecule is CC(C)NC[C@H](O)COc1ccccc1Cn1cc(CNCc2cn(Cc3ccccc3OC[C@@H](O)CNC(C)C)nn2)nn1. The predicted molar refractivity (Wildman–Crippen MR) is 171 cm³/mol. The van der Waals surface area contributed by atoms with Gasteiger partial charge >= 0.3 is 0 Å². The van der Waals surface area contributed by atoms with Crippen molar-refractivity contribution in [3.8, 4) is 11.5 Å². The maximum Gasteiger partial charge on any atom is 0.124 e. The van der Waals surface area contributed by atoms with Crippen LogP contribution >= 0.6 is 0 Å². The summed E-state index contributed by atoms with van der Waals surface area (Å²) < 4.78 is 15.4. The first-order chi connectivity index (χ1) is 21.7. The maximum absolute atomic E-state index is 10.2. The molecule has 0 saturated carbocycles. The van der Waals surface area contributed by atoms with Crippen LogP contribution in [0.25, 0.3) is 0 Å². The van der Waals surface area contributed by atoms with E-state index in [2.05, 4.69) is 36.6 Å². The molecule has 4 rings (SSSR count). The molecule has 0 saturated heterocycles. The molecular weight excluding hydrogens is 574 g/mol. The van der Waals surface area contributed by atoms with E-state index >= 15 is 0 Å². The summed E-state index contributed by atoms with van der Waals surface area (Å²) in [6.07, 6.45) is 2.60. The van der Waals surface area contributed by atoms with Crippen LogP contribution in [0.4, 0.5) is 0 Å². The number of aliphatic hydroxyl groups is 2. The van der Waals surface area contributed by atoms with Crippen molar-refractivity contribution in [3.05, 3.63) is 83.4 Å². The Balaban J connectivity index is 1.22. The van der Waals surface area contributed by atoms with Crippen molar-refractivity contribution in [1.82, 2.24) is 45.9 Å². The molecule has 13 heteroatoms. The van der Waals surface area contributed by atoms with Crippen LogP contribution in [0, 0.1) is 0 Å². The Morgan fingerprint density at radius 3 is 1.51 bits per heavy atom. The van der Waals surface area contributed by atoms with E-state index in [1.165, 1.54) is 0 Å². The molecular formula is C32H47N9O4. The van der Waals surface area contributed by atoms with Gasteiger partial charge < -0.3 is 35.6 Å². The summed E-state index contributed by atoms with van der Waals surface area (Å²) in [6, 6.07) is 16.1. The number of para-hydroxylation sites is 2. The van der Waals surface area contributed by atoms with Gasteiger partial charge in [-0.1, -0.05) is 74.5 Å². The molecule has 0 unspecified atom stereocenters. The average molecular weight is 622 g/mol. The summed E-state index contributed by atoms with van der Waals surface area (Å²) in [6.45, 7) is 11.5. The highest BCUT2D eigenvalue weighted by molar-refractivity contribution is 5.34. The summed E-state index contributed by atoms with van der Waals surface area (Å²) in [5.74, 6) is 1.43. The number of nitrogens with one attached hydrogen (secondary N) is 3. The van der Waals surface area contributed by atoms with E-state index < -0.39 is 12.2 Å². The molecule has 244 valence electrons. The van der Waals surface area contributed by atoms with Crippen LogP contribution < -0.4 is 25.4 Å². The zero-order valence-corrected chi connectivity index (χ0v) is 26.6. The van der Waals surface area contributed by atoms with Gasteiger partial charge in [0.2, 0.25) is 0 Å². The van der Waals surface area contributed by atoms with Gasteiger partial charge in [-0.3, -0.25) is 0 Å². The van der Waals surface area contributed by atoms with E-state index in [1.54, 1.807) is 9.36 Å². The van der Waals surface area contributed by atoms with Crippen LogP contribution in [0.15, 0.2) is 60.9 Å². The van der Waals surface area contributed by atoms with Crippen molar-refractivity contribution in [2.75, 3.05) is 26.3 Å². The van der Waals surface area contributed by atoms with Crippen molar-refractivity contribution < 1.29 is 19.7 Å². The molecule has 4 aromatic rings. The van der Waals surface area contributed by atoms with E-state index in [0.717, 1.165) is 22.5 Å². The normalized spacial score (nSPS) is 13.0. The lowest BCUT2D eigenvalue weighted by Gasteiger charge is -2.16. The van der Waals surface area contributed by atoms with Gasteiger partial charge in [0.1, 0.15) is 36.9 Å². The zero-order chi connectivity index (χ0) is 32.0. The number of aliphatic hydroxyl groups excluding tert-OH is 2. The van der Waals surface area contributed by atoms with E-state index in [0.29, 0.717) is 62.9 Å². The Morgan fingerprint density at radius 1 is 0.667 bits per heavy atom. The Bertz CT molecular complexity index is 1320. The first-order valence-electron chi connectivity index (χ1n) is 15.5. The lowest BCUT2D eigenvalue weighted by atomic mass is 10.2. The third-order valence-electron chi connectivity index (χ3n) is 6.78. The Morgan fingerprint density at radius 2 is 1.09 bits per heavy atom. The van der Waals surface area contributed by atoms with Gasteiger partial charge in [-0.15, -0.1) is 10.2 Å². The molecule has 0 amide bonds. The van der Waals surface area contributed by atoms with Crippen molar-refractivity contribution in [2.45, 2.75) is 78.2 Å². The number of hydrogen-bond acceptors (Lipinski definition) is 11. The lowest BCUT2D eigenvalue weighted by molar-refractivity contribution is 0.104. The largest absolute Gasteiger partial charge is 0.490 e. The summed E-state index contributed by atoms with van der Waals surface area (Å²) >= 11 is 0. The Hall–Kier alpha value is -3.88. The summed E-state index contributed by atoms with van der Waals surface area (Å²) in [5, 5.41) is 47.3. The third-order valence-corrected chi connectivity index (χ3v) is 6.78. The molecule has 0 aliphatic heterocycles. The Kier molecular flexibility index (Phi) is 13.3. The quantitative estimate of drug-likeness (QED) is 0.0980. The van der Waals surface area contributed by atoms with Gasteiger partial charge in [0.25, 0.3) is 0 Å². The molecule has 0 bridgehead atoms. The van der Waals surface area contributed by atoms with Gasteiger partial charge in [-0.05, 0) is 12.1 Å². The van der Waals surface area contributed by atoms with E-state index in [4.69, 9.17) is 9.47 Å². The lowest BCUT2D eigenvalue weighted by Crippen LogP contribution is -2.35. The fourth-order valence-electron chi connectivity index (χ4n) is 4.45. The molecule has 2 atom stereocenters. The first kappa shape index (κ1) is 34.0. The smallest absolute Gasteiger partial charge is 0.124 e. The van der Waals surface area contributed by atoms with Gasteiger partial charge in [-0.2, -0.15) is 0 Å². The molecule has 0 fully saturated rings. The molecule has 2 heterocycles. The summed E-state index contributed by atoms with van der Waals surface area (Å²) in [4.78, 5) is 0. The van der Waals surface area contributed by atoms with Gasteiger partial charge in [0.05, 0.1) is 36.9 Å². The summed E-state index contributed by atoms with van der Waals surface area (Å²) in [5.41, 5.74) is 3.50. The molecule has 0 spiro atoms. The molecule has 0 aliphatic rings. The van der Waals surface area contributed by atoms with Gasteiger partial charge in [0, 0.05) is 49.4 Å². The third kappa shape index (κ3) is 11.9. The first-order valence-corrected chi connectivity index (χ1v) is 15.5. The molecule has 0 aliphatic carbocycles. The molecule has 2 aromatic carbocycles. The fourth-order valence-corrected chi connectivity index (χ4v) is 4.45. The molecule has 13 nitrogen and oxygen atoms in total. The predicted octanol–water partition coefficient (Wildman–Crippen LogP) is 1.73. The zero-order valence-electron chi connectivity index (χ0n) is 26.6. The van der Waals surface area contributed by atoms with E-state index in [9.17, 15) is 10.2 Å². The minimum Gasteiger partial charge on any atom is -0.490 e. The van der Waals surface area contributed by atoms with Crippen molar-refractivity contribution in [1.29, 1.82) is 0 Å². The van der Waals surface area contributed by atoms with Crippen LogP contribution in [0.3, 0.4) is 0 Å². The Labute approximate surface area is 264 Å². The van der Waals surface area contributed by atoms with Crippen LogP contribution in [0.2, 0.25) is 0 Å². The standard InChI is InChI=1S/C32H47N9O4/c1-23(2)34-15-29(42)21-44-31-11-7-5-9-25(31)17-40-19-27(36-38-40)13-33-14-28-20-41(39-37-28)18-26-10-6-8-12-32(26)45-22-30(43)16-35-24(3)4/h5-12,19-20,23-24,29-30,33-35,42-43H,13-18,21-22H2,1-4H3/t29-,30-/m0/s1. The minimum atomic E-state index is -0.599. The summed E-state index contributed by atoms with van der Waals surface area (Å²) in [7, 11) is 0. The van der Waals surface area contributed by atoms with Crippen LogP contribution in [-0.2, 0) is 26.2 Å². The number of benzene rings is 2. The second kappa shape index (κ2) is 17.6. The van der Waals surface area contributed by atoms with Crippen molar-refractivity contribution >= 4 is 0 Å². The monoisotopic (exact) mass is 621 g/mol.